The van der Waals surface area contributed by atoms with Gasteiger partial charge in [0.2, 0.25) is 0 Å². The highest BCUT2D eigenvalue weighted by molar-refractivity contribution is 7.87. The Hall–Kier alpha value is 0.160. The van der Waals surface area contributed by atoms with Gasteiger partial charge in [0.1, 0.15) is 0 Å². The normalized spacial score (nSPS) is 25.6. The zero-order chi connectivity index (χ0) is 12.2. The first kappa shape index (κ1) is 14.2. The van der Waals surface area contributed by atoms with Crippen LogP contribution in [0.25, 0.3) is 0 Å². The van der Waals surface area contributed by atoms with Crippen molar-refractivity contribution in [2.24, 2.45) is 0 Å². The number of piperidine rings is 1. The Bertz CT molecular complexity index is 306. The number of nitrogens with one attached hydrogen (secondary N) is 1. The molecule has 1 fully saturated rings. The highest BCUT2D eigenvalue weighted by Gasteiger charge is 2.28. The summed E-state index contributed by atoms with van der Waals surface area (Å²) in [5.41, 5.74) is 0. The topological polar surface area (TPSA) is 49.4 Å². The van der Waals surface area contributed by atoms with E-state index in [-0.39, 0.29) is 11.4 Å². The lowest BCUT2D eigenvalue weighted by Crippen LogP contribution is -2.48. The van der Waals surface area contributed by atoms with Crippen LogP contribution in [0, 0.1) is 0 Å². The van der Waals surface area contributed by atoms with E-state index in [1.807, 2.05) is 13.8 Å². The van der Waals surface area contributed by atoms with Gasteiger partial charge in [0, 0.05) is 24.5 Å². The lowest BCUT2D eigenvalue weighted by atomic mass is 10.1. The van der Waals surface area contributed by atoms with Crippen molar-refractivity contribution >= 4 is 21.8 Å². The lowest BCUT2D eigenvalue weighted by Gasteiger charge is -2.32. The molecule has 0 aromatic heterocycles. The van der Waals surface area contributed by atoms with Crippen LogP contribution in [0.1, 0.15) is 39.5 Å². The molecule has 96 valence electrons. The summed E-state index contributed by atoms with van der Waals surface area (Å²) < 4.78 is 28.1. The van der Waals surface area contributed by atoms with Crippen molar-refractivity contribution in [1.82, 2.24) is 9.03 Å². The first-order valence-corrected chi connectivity index (χ1v) is 7.71. The van der Waals surface area contributed by atoms with E-state index in [1.165, 1.54) is 0 Å². The first-order chi connectivity index (χ1) is 7.43. The lowest BCUT2D eigenvalue weighted by molar-refractivity contribution is 0.265. The van der Waals surface area contributed by atoms with Gasteiger partial charge in [-0.3, -0.25) is 0 Å². The zero-order valence-electron chi connectivity index (χ0n) is 9.95. The van der Waals surface area contributed by atoms with E-state index in [0.29, 0.717) is 19.5 Å². The van der Waals surface area contributed by atoms with Crippen molar-refractivity contribution in [3.05, 3.63) is 0 Å². The maximum atomic E-state index is 11.9. The van der Waals surface area contributed by atoms with E-state index in [2.05, 4.69) is 4.72 Å². The second kappa shape index (κ2) is 6.19. The third-order valence-corrected chi connectivity index (χ3v) is 4.82. The van der Waals surface area contributed by atoms with Crippen LogP contribution in [-0.4, -0.2) is 37.2 Å². The molecule has 1 aliphatic rings. The molecule has 0 spiro atoms. The standard InChI is InChI=1S/C10H21ClN2O2S/c1-9(11)6-7-12-16(14,15)13-8-4-3-5-10(13)2/h9-10,12H,3-8H2,1-2H3. The molecule has 0 amide bonds. The van der Waals surface area contributed by atoms with Gasteiger partial charge in [-0.1, -0.05) is 6.42 Å². The number of rotatable bonds is 5. The van der Waals surface area contributed by atoms with Crippen molar-refractivity contribution in [2.45, 2.75) is 50.9 Å². The highest BCUT2D eigenvalue weighted by Crippen LogP contribution is 2.18. The summed E-state index contributed by atoms with van der Waals surface area (Å²) in [6.45, 7) is 4.87. The predicted molar refractivity (Wildman–Crippen MR) is 66.9 cm³/mol. The number of alkyl halides is 1. The minimum absolute atomic E-state index is 0.00137. The van der Waals surface area contributed by atoms with Gasteiger partial charge in [-0.25, -0.2) is 4.72 Å². The molecular formula is C10H21ClN2O2S. The largest absolute Gasteiger partial charge is 0.279 e. The van der Waals surface area contributed by atoms with Gasteiger partial charge < -0.3 is 0 Å². The van der Waals surface area contributed by atoms with Crippen LogP contribution in [0.5, 0.6) is 0 Å². The van der Waals surface area contributed by atoms with E-state index in [4.69, 9.17) is 11.6 Å². The molecule has 6 heteroatoms. The van der Waals surface area contributed by atoms with Gasteiger partial charge in [0.25, 0.3) is 10.2 Å². The summed E-state index contributed by atoms with van der Waals surface area (Å²) in [4.78, 5) is 0. The molecule has 0 aromatic carbocycles. The molecule has 1 saturated heterocycles. The van der Waals surface area contributed by atoms with Crippen molar-refractivity contribution < 1.29 is 8.42 Å². The SMILES string of the molecule is CC(Cl)CCNS(=O)(=O)N1CCCCC1C. The molecular weight excluding hydrogens is 248 g/mol. The number of nitrogens with zero attached hydrogens (tertiary/aromatic N) is 1. The predicted octanol–water partition coefficient (Wildman–Crippen LogP) is 1.71. The van der Waals surface area contributed by atoms with E-state index in [0.717, 1.165) is 19.3 Å². The van der Waals surface area contributed by atoms with E-state index in [1.54, 1.807) is 4.31 Å². The average Bonchev–Trinajstić information content (AvgIpc) is 2.17. The molecule has 0 aromatic rings. The van der Waals surface area contributed by atoms with Gasteiger partial charge in [-0.05, 0) is 33.1 Å². The Morgan fingerprint density at radius 3 is 2.75 bits per heavy atom. The third kappa shape index (κ3) is 4.20. The Morgan fingerprint density at radius 1 is 1.50 bits per heavy atom. The molecule has 1 heterocycles. The van der Waals surface area contributed by atoms with Gasteiger partial charge in [-0.15, -0.1) is 11.6 Å². The maximum absolute atomic E-state index is 11.9. The van der Waals surface area contributed by atoms with Crippen molar-refractivity contribution in [3.8, 4) is 0 Å². The maximum Gasteiger partial charge on any atom is 0.279 e. The van der Waals surface area contributed by atoms with Gasteiger partial charge >= 0.3 is 0 Å². The molecule has 1 rings (SSSR count). The molecule has 0 radical (unpaired) electrons. The first-order valence-electron chi connectivity index (χ1n) is 5.84. The minimum atomic E-state index is -3.30. The minimum Gasteiger partial charge on any atom is -0.202 e. The molecule has 1 N–H and O–H groups in total. The summed E-state index contributed by atoms with van der Waals surface area (Å²) in [6.07, 6.45) is 3.68. The average molecular weight is 269 g/mol. The van der Waals surface area contributed by atoms with Gasteiger partial charge in [-0.2, -0.15) is 12.7 Å². The quantitative estimate of drug-likeness (QED) is 0.772. The molecule has 4 nitrogen and oxygen atoms in total. The smallest absolute Gasteiger partial charge is 0.202 e. The Labute approximate surface area is 104 Å². The van der Waals surface area contributed by atoms with Gasteiger partial charge in [0.15, 0.2) is 0 Å². The number of halogens is 1. The Morgan fingerprint density at radius 2 is 2.19 bits per heavy atom. The monoisotopic (exact) mass is 268 g/mol. The van der Waals surface area contributed by atoms with Crippen molar-refractivity contribution in [3.63, 3.8) is 0 Å². The fourth-order valence-electron chi connectivity index (χ4n) is 1.90. The van der Waals surface area contributed by atoms with Crippen molar-refractivity contribution in [1.29, 1.82) is 0 Å². The van der Waals surface area contributed by atoms with E-state index in [9.17, 15) is 8.42 Å². The van der Waals surface area contributed by atoms with Crippen LogP contribution in [0.15, 0.2) is 0 Å². The van der Waals surface area contributed by atoms with Crippen LogP contribution < -0.4 is 4.72 Å². The van der Waals surface area contributed by atoms with E-state index >= 15 is 0 Å². The summed E-state index contributed by atoms with van der Waals surface area (Å²) in [7, 11) is -3.30. The molecule has 0 bridgehead atoms. The van der Waals surface area contributed by atoms with Crippen LogP contribution in [-0.2, 0) is 10.2 Å². The summed E-state index contributed by atoms with van der Waals surface area (Å²) in [5.74, 6) is 0. The molecule has 0 saturated carbocycles. The van der Waals surface area contributed by atoms with Crippen LogP contribution in [0.4, 0.5) is 0 Å². The second-order valence-corrected chi connectivity index (χ2v) is 6.88. The highest BCUT2D eigenvalue weighted by atomic mass is 35.5. The molecule has 0 aliphatic carbocycles. The van der Waals surface area contributed by atoms with Gasteiger partial charge in [0.05, 0.1) is 0 Å². The Balaban J connectivity index is 2.48. The second-order valence-electron chi connectivity index (χ2n) is 4.42. The van der Waals surface area contributed by atoms with E-state index < -0.39 is 10.2 Å². The number of hydrogen-bond donors (Lipinski definition) is 1. The molecule has 2 unspecified atom stereocenters. The zero-order valence-corrected chi connectivity index (χ0v) is 11.5. The molecule has 16 heavy (non-hydrogen) atoms. The molecule has 1 aliphatic heterocycles. The summed E-state index contributed by atoms with van der Waals surface area (Å²) in [5, 5.41) is 0.00137. The fourth-order valence-corrected chi connectivity index (χ4v) is 3.50. The fraction of sp³-hybridized carbons (Fsp3) is 1.00. The van der Waals surface area contributed by atoms with Crippen LogP contribution >= 0.6 is 11.6 Å². The van der Waals surface area contributed by atoms with Crippen LogP contribution in [0.2, 0.25) is 0 Å². The molecule has 2 atom stereocenters. The summed E-state index contributed by atoms with van der Waals surface area (Å²) >= 11 is 5.77. The third-order valence-electron chi connectivity index (χ3n) is 2.88. The van der Waals surface area contributed by atoms with Crippen molar-refractivity contribution in [2.75, 3.05) is 13.1 Å². The number of hydrogen-bond acceptors (Lipinski definition) is 2. The Kier molecular flexibility index (Phi) is 5.50. The van der Waals surface area contributed by atoms with Crippen LogP contribution in [0.3, 0.4) is 0 Å². The summed E-state index contributed by atoms with van der Waals surface area (Å²) in [6, 6.07) is 0.111.